The number of sulfonamides is 1. The minimum Gasteiger partial charge on any atom is -0.493 e. The van der Waals surface area contributed by atoms with Crippen molar-refractivity contribution < 1.29 is 37.0 Å². The van der Waals surface area contributed by atoms with E-state index in [2.05, 4.69) is 5.32 Å². The quantitative estimate of drug-likeness (QED) is 0.545. The molecule has 1 aliphatic rings. The summed E-state index contributed by atoms with van der Waals surface area (Å²) in [6.45, 7) is 0.448. The summed E-state index contributed by atoms with van der Waals surface area (Å²) in [5, 5.41) is 2.59. The highest BCUT2D eigenvalue weighted by Crippen LogP contribution is 2.39. The molecule has 0 aromatic heterocycles. The number of rotatable bonds is 9. The molecule has 0 bridgehead atoms. The standard InChI is InChI=1S/C22H26N2O8S/c1-29-18-12-16(13-19(30-2)21(18)31-3)23-20(25)14-32-22(26)15-6-8-17(9-7-15)33(27,28)24-10-4-5-11-24/h6-9,12-13H,4-5,10-11,14H2,1-3H3,(H,23,25). The molecule has 1 aliphatic heterocycles. The van der Waals surface area contributed by atoms with Crippen LogP contribution in [-0.4, -0.2) is 65.6 Å². The predicted molar refractivity (Wildman–Crippen MR) is 119 cm³/mol. The van der Waals surface area contributed by atoms with Gasteiger partial charge in [-0.3, -0.25) is 4.79 Å². The Morgan fingerprint density at radius 2 is 1.52 bits per heavy atom. The van der Waals surface area contributed by atoms with E-state index in [-0.39, 0.29) is 10.5 Å². The number of hydrogen-bond donors (Lipinski definition) is 1. The molecule has 0 atom stereocenters. The zero-order valence-electron chi connectivity index (χ0n) is 18.6. The summed E-state index contributed by atoms with van der Waals surface area (Å²) in [4.78, 5) is 24.6. The summed E-state index contributed by atoms with van der Waals surface area (Å²) in [6, 6.07) is 8.53. The van der Waals surface area contributed by atoms with Gasteiger partial charge in [0.25, 0.3) is 5.91 Å². The van der Waals surface area contributed by atoms with E-state index in [1.165, 1.54) is 49.9 Å². The minimum atomic E-state index is -3.57. The molecule has 33 heavy (non-hydrogen) atoms. The maximum Gasteiger partial charge on any atom is 0.338 e. The molecule has 1 saturated heterocycles. The fraction of sp³-hybridized carbons (Fsp3) is 0.364. The lowest BCUT2D eigenvalue weighted by molar-refractivity contribution is -0.119. The summed E-state index contributed by atoms with van der Waals surface area (Å²) in [5.74, 6) is -0.244. The highest BCUT2D eigenvalue weighted by atomic mass is 32.2. The monoisotopic (exact) mass is 478 g/mol. The van der Waals surface area contributed by atoms with E-state index in [1.807, 2.05) is 0 Å². The van der Waals surface area contributed by atoms with Gasteiger partial charge in [0, 0.05) is 30.9 Å². The first-order chi connectivity index (χ1) is 15.8. The molecule has 0 aliphatic carbocycles. The van der Waals surface area contributed by atoms with Crippen LogP contribution in [-0.2, 0) is 19.6 Å². The van der Waals surface area contributed by atoms with Gasteiger partial charge in [0.15, 0.2) is 18.1 Å². The zero-order chi connectivity index (χ0) is 24.0. The van der Waals surface area contributed by atoms with Gasteiger partial charge >= 0.3 is 5.97 Å². The Bertz CT molecular complexity index is 1080. The Morgan fingerprint density at radius 3 is 2.03 bits per heavy atom. The van der Waals surface area contributed by atoms with Crippen molar-refractivity contribution in [3.8, 4) is 17.2 Å². The third-order valence-electron chi connectivity index (χ3n) is 5.08. The largest absolute Gasteiger partial charge is 0.493 e. The van der Waals surface area contributed by atoms with Gasteiger partial charge in [-0.2, -0.15) is 4.31 Å². The van der Waals surface area contributed by atoms with Crippen LogP contribution in [0.3, 0.4) is 0 Å². The van der Waals surface area contributed by atoms with E-state index in [0.717, 1.165) is 12.8 Å². The Labute approximate surface area is 192 Å². The first-order valence-corrected chi connectivity index (χ1v) is 11.6. The van der Waals surface area contributed by atoms with Crippen molar-refractivity contribution in [3.05, 3.63) is 42.0 Å². The lowest BCUT2D eigenvalue weighted by Gasteiger charge is -2.15. The number of methoxy groups -OCH3 is 3. The minimum absolute atomic E-state index is 0.112. The van der Waals surface area contributed by atoms with Crippen LogP contribution >= 0.6 is 0 Å². The van der Waals surface area contributed by atoms with Crippen LogP contribution in [0.15, 0.2) is 41.3 Å². The van der Waals surface area contributed by atoms with Gasteiger partial charge in [0.2, 0.25) is 15.8 Å². The molecule has 178 valence electrons. The summed E-state index contributed by atoms with van der Waals surface area (Å²) in [6.07, 6.45) is 1.67. The maximum absolute atomic E-state index is 12.6. The van der Waals surface area contributed by atoms with Crippen molar-refractivity contribution >= 4 is 27.6 Å². The van der Waals surface area contributed by atoms with E-state index in [1.54, 1.807) is 12.1 Å². The Kier molecular flexibility index (Phi) is 7.77. The Hall–Kier alpha value is -3.31. The normalized spacial score (nSPS) is 13.9. The fourth-order valence-corrected chi connectivity index (χ4v) is 4.92. The van der Waals surface area contributed by atoms with Gasteiger partial charge < -0.3 is 24.3 Å². The van der Waals surface area contributed by atoms with Crippen LogP contribution in [0.2, 0.25) is 0 Å². The average Bonchev–Trinajstić information content (AvgIpc) is 3.38. The van der Waals surface area contributed by atoms with E-state index in [9.17, 15) is 18.0 Å². The summed E-state index contributed by atoms with van der Waals surface area (Å²) < 4.78 is 47.3. The number of carbonyl (C=O) groups excluding carboxylic acids is 2. The van der Waals surface area contributed by atoms with Crippen molar-refractivity contribution in [1.82, 2.24) is 4.31 Å². The van der Waals surface area contributed by atoms with Crippen LogP contribution < -0.4 is 19.5 Å². The van der Waals surface area contributed by atoms with Gasteiger partial charge in [-0.1, -0.05) is 0 Å². The molecule has 1 fully saturated rings. The number of esters is 1. The zero-order valence-corrected chi connectivity index (χ0v) is 19.4. The molecule has 3 rings (SSSR count). The van der Waals surface area contributed by atoms with Gasteiger partial charge in [-0.15, -0.1) is 0 Å². The highest BCUT2D eigenvalue weighted by Gasteiger charge is 2.27. The first kappa shape index (κ1) is 24.3. The molecule has 1 N–H and O–H groups in total. The molecule has 2 aromatic carbocycles. The molecule has 1 heterocycles. The third-order valence-corrected chi connectivity index (χ3v) is 6.99. The number of anilines is 1. The fourth-order valence-electron chi connectivity index (χ4n) is 3.41. The number of nitrogens with zero attached hydrogens (tertiary/aromatic N) is 1. The smallest absolute Gasteiger partial charge is 0.338 e. The molecule has 2 aromatic rings. The molecule has 0 radical (unpaired) electrons. The number of nitrogens with one attached hydrogen (secondary N) is 1. The second-order valence-corrected chi connectivity index (χ2v) is 9.11. The van der Waals surface area contributed by atoms with Gasteiger partial charge in [-0.05, 0) is 37.1 Å². The van der Waals surface area contributed by atoms with Gasteiger partial charge in [0.1, 0.15) is 0 Å². The van der Waals surface area contributed by atoms with E-state index < -0.39 is 28.5 Å². The molecule has 11 heteroatoms. The van der Waals surface area contributed by atoms with Crippen LogP contribution in [0.4, 0.5) is 5.69 Å². The molecule has 0 spiro atoms. The molecule has 0 unspecified atom stereocenters. The maximum atomic E-state index is 12.6. The number of hydrogen-bond acceptors (Lipinski definition) is 8. The molecule has 0 saturated carbocycles. The van der Waals surface area contributed by atoms with Gasteiger partial charge in [0.05, 0.1) is 31.8 Å². The number of carbonyl (C=O) groups is 2. The van der Waals surface area contributed by atoms with Crippen molar-refractivity contribution in [3.63, 3.8) is 0 Å². The third kappa shape index (κ3) is 5.55. The average molecular weight is 479 g/mol. The molecule has 10 nitrogen and oxygen atoms in total. The topological polar surface area (TPSA) is 120 Å². The van der Waals surface area contributed by atoms with Crippen molar-refractivity contribution in [2.24, 2.45) is 0 Å². The Morgan fingerprint density at radius 1 is 0.939 bits per heavy atom. The Balaban J connectivity index is 1.60. The van der Waals surface area contributed by atoms with Gasteiger partial charge in [-0.25, -0.2) is 13.2 Å². The summed E-state index contributed by atoms with van der Waals surface area (Å²) >= 11 is 0. The number of ether oxygens (including phenoxy) is 4. The second-order valence-electron chi connectivity index (χ2n) is 7.17. The van der Waals surface area contributed by atoms with Crippen LogP contribution in [0, 0.1) is 0 Å². The lowest BCUT2D eigenvalue weighted by atomic mass is 10.2. The van der Waals surface area contributed by atoms with E-state index >= 15 is 0 Å². The van der Waals surface area contributed by atoms with Crippen molar-refractivity contribution in [2.75, 3.05) is 46.3 Å². The molecular formula is C22H26N2O8S. The number of amides is 1. The van der Waals surface area contributed by atoms with Crippen LogP contribution in [0.1, 0.15) is 23.2 Å². The summed E-state index contributed by atoms with van der Waals surface area (Å²) in [5.41, 5.74) is 0.498. The molecular weight excluding hydrogens is 452 g/mol. The summed E-state index contributed by atoms with van der Waals surface area (Å²) in [7, 11) is 0.796. The molecule has 1 amide bonds. The SMILES string of the molecule is COc1cc(NC(=O)COC(=O)c2ccc(S(=O)(=O)N3CCCC3)cc2)cc(OC)c1OC. The van der Waals surface area contributed by atoms with Crippen LogP contribution in [0.25, 0.3) is 0 Å². The van der Waals surface area contributed by atoms with Crippen molar-refractivity contribution in [2.45, 2.75) is 17.7 Å². The van der Waals surface area contributed by atoms with Crippen molar-refractivity contribution in [1.29, 1.82) is 0 Å². The first-order valence-electron chi connectivity index (χ1n) is 10.2. The van der Waals surface area contributed by atoms with E-state index in [4.69, 9.17) is 18.9 Å². The van der Waals surface area contributed by atoms with E-state index in [0.29, 0.717) is 36.0 Å². The lowest BCUT2D eigenvalue weighted by Crippen LogP contribution is -2.27. The number of benzene rings is 2. The van der Waals surface area contributed by atoms with Crippen LogP contribution in [0.5, 0.6) is 17.2 Å². The second kappa shape index (κ2) is 10.5. The predicted octanol–water partition coefficient (Wildman–Crippen LogP) is 2.29. The highest BCUT2D eigenvalue weighted by molar-refractivity contribution is 7.89.